The molecule has 0 radical (unpaired) electrons. The molecule has 1 N–H and O–H groups in total. The summed E-state index contributed by atoms with van der Waals surface area (Å²) in [6.45, 7) is 7.68. The quantitative estimate of drug-likeness (QED) is 0.629. The number of hydrogen-bond donors (Lipinski definition) is 1. The summed E-state index contributed by atoms with van der Waals surface area (Å²) < 4.78 is 2.92. The first-order valence-electron chi connectivity index (χ1n) is 11.6. The molecule has 1 heterocycles. The zero-order valence-corrected chi connectivity index (χ0v) is 19.1. The smallest absolute Gasteiger partial charge is 0.129 e. The lowest BCUT2D eigenvalue weighted by molar-refractivity contribution is 0.336. The van der Waals surface area contributed by atoms with Gasteiger partial charge in [-0.2, -0.15) is 0 Å². The molecule has 5 unspecified atom stereocenters. The molecule has 1 aromatic rings. The van der Waals surface area contributed by atoms with E-state index in [4.69, 9.17) is 0 Å². The lowest BCUT2D eigenvalue weighted by Crippen LogP contribution is -2.59. The third-order valence-corrected chi connectivity index (χ3v) is 12.9. The predicted molar refractivity (Wildman–Crippen MR) is 128 cm³/mol. The minimum atomic E-state index is -1.80. The molecule has 7 atom stereocenters. The van der Waals surface area contributed by atoms with Gasteiger partial charge in [-0.1, -0.05) is 98.1 Å². The normalized spacial score (nSPS) is 40.9. The van der Waals surface area contributed by atoms with Crippen LogP contribution >= 0.6 is 0 Å². The maximum Gasteiger partial charge on any atom is 0.129 e. The van der Waals surface area contributed by atoms with Crippen molar-refractivity contribution >= 4 is 14.3 Å². The monoisotopic (exact) mass is 412 g/mol. The molecule has 0 bridgehead atoms. The van der Waals surface area contributed by atoms with Crippen molar-refractivity contribution in [3.05, 3.63) is 90.1 Å². The van der Waals surface area contributed by atoms with E-state index in [2.05, 4.69) is 115 Å². The van der Waals surface area contributed by atoms with Crippen molar-refractivity contribution in [2.24, 2.45) is 23.7 Å². The predicted octanol–water partition coefficient (Wildman–Crippen LogP) is 5.68. The lowest BCUT2D eigenvalue weighted by Gasteiger charge is -2.48. The van der Waals surface area contributed by atoms with E-state index in [1.807, 2.05) is 0 Å². The van der Waals surface area contributed by atoms with Crippen LogP contribution in [0.2, 0.25) is 18.6 Å². The molecular weight excluding hydrogens is 380 g/mol. The van der Waals surface area contributed by atoms with E-state index in [0.717, 1.165) is 5.54 Å². The Hall–Kier alpha value is -1.94. The Morgan fingerprint density at radius 3 is 2.07 bits per heavy atom. The standard InChI is InChI=1S/C27H32N2Si/c1-18-28-26-20-11-5-4-10-19(20)16-17-25(26)29(18)30(2,3)27-23-14-8-6-12-21(23)22-13-7-9-15-24(22)27/h4-18,21-28H,1-3H3/t18-,21?,22?,23?,24?,25+,26?,27?/m0/s1. The highest BCUT2D eigenvalue weighted by Crippen LogP contribution is 2.59. The Bertz CT molecular complexity index is 966. The molecule has 30 heavy (non-hydrogen) atoms. The van der Waals surface area contributed by atoms with Gasteiger partial charge in [0.1, 0.15) is 8.24 Å². The van der Waals surface area contributed by atoms with Gasteiger partial charge in [0.2, 0.25) is 0 Å². The summed E-state index contributed by atoms with van der Waals surface area (Å²) >= 11 is 0. The second-order valence-corrected chi connectivity index (χ2v) is 14.7. The average Bonchev–Trinajstić information content (AvgIpc) is 3.29. The van der Waals surface area contributed by atoms with Crippen LogP contribution < -0.4 is 5.32 Å². The van der Waals surface area contributed by atoms with Gasteiger partial charge in [-0.15, -0.1) is 0 Å². The zero-order valence-electron chi connectivity index (χ0n) is 18.1. The number of rotatable bonds is 2. The summed E-state index contributed by atoms with van der Waals surface area (Å²) in [5, 5.41) is 3.98. The number of allylic oxidation sites excluding steroid dienone is 8. The van der Waals surface area contributed by atoms with Crippen LogP contribution in [0.15, 0.2) is 78.9 Å². The molecule has 4 aliphatic carbocycles. The molecule has 5 aliphatic rings. The molecule has 2 fully saturated rings. The SMILES string of the molecule is C[C@H]1NC2c3ccccc3C=C[C@H]2N1[Si](C)(C)C1C2C=CC=CC2C2C=CC=CC21. The van der Waals surface area contributed by atoms with Gasteiger partial charge in [0.25, 0.3) is 0 Å². The van der Waals surface area contributed by atoms with Crippen molar-refractivity contribution in [3.63, 3.8) is 0 Å². The van der Waals surface area contributed by atoms with Crippen LogP contribution in [0.4, 0.5) is 0 Å². The highest BCUT2D eigenvalue weighted by atomic mass is 28.3. The minimum absolute atomic E-state index is 0.404. The topological polar surface area (TPSA) is 15.3 Å². The highest BCUT2D eigenvalue weighted by molar-refractivity contribution is 6.76. The summed E-state index contributed by atoms with van der Waals surface area (Å²) in [5.74, 6) is 2.62. The van der Waals surface area contributed by atoms with Gasteiger partial charge in [-0.3, -0.25) is 5.32 Å². The van der Waals surface area contributed by atoms with Crippen LogP contribution in [-0.2, 0) is 0 Å². The summed E-state index contributed by atoms with van der Waals surface area (Å²) in [7, 11) is -1.80. The molecule has 1 aliphatic heterocycles. The van der Waals surface area contributed by atoms with Crippen molar-refractivity contribution in [3.8, 4) is 0 Å². The van der Waals surface area contributed by atoms with Crippen molar-refractivity contribution in [2.75, 3.05) is 0 Å². The van der Waals surface area contributed by atoms with Gasteiger partial charge in [0, 0.05) is 6.04 Å². The first-order chi connectivity index (χ1) is 14.6. The van der Waals surface area contributed by atoms with Crippen molar-refractivity contribution < 1.29 is 0 Å². The number of nitrogens with one attached hydrogen (secondary N) is 1. The van der Waals surface area contributed by atoms with Gasteiger partial charge in [-0.25, -0.2) is 0 Å². The maximum atomic E-state index is 3.98. The molecular formula is C27H32N2Si. The largest absolute Gasteiger partial charge is 0.301 e. The molecule has 1 aromatic carbocycles. The highest BCUT2D eigenvalue weighted by Gasteiger charge is 2.58. The molecule has 2 nitrogen and oxygen atoms in total. The van der Waals surface area contributed by atoms with Crippen LogP contribution in [0.1, 0.15) is 24.1 Å². The fourth-order valence-corrected chi connectivity index (χ4v) is 12.5. The number of nitrogens with zero attached hydrogens (tertiary/aromatic N) is 1. The van der Waals surface area contributed by atoms with E-state index in [1.165, 1.54) is 11.1 Å². The van der Waals surface area contributed by atoms with Crippen LogP contribution in [0.3, 0.4) is 0 Å². The van der Waals surface area contributed by atoms with Gasteiger partial charge in [-0.05, 0) is 47.3 Å². The van der Waals surface area contributed by atoms with Crippen LogP contribution in [0.25, 0.3) is 6.08 Å². The Labute approximate surface area is 181 Å². The molecule has 0 spiro atoms. The molecule has 6 rings (SSSR count). The van der Waals surface area contributed by atoms with E-state index in [9.17, 15) is 0 Å². The van der Waals surface area contributed by atoms with Crippen LogP contribution in [0.5, 0.6) is 0 Å². The second-order valence-electron chi connectivity index (χ2n) is 10.2. The van der Waals surface area contributed by atoms with E-state index in [-0.39, 0.29) is 0 Å². The fraction of sp³-hybridized carbons (Fsp3) is 0.407. The lowest BCUT2D eigenvalue weighted by atomic mass is 9.83. The molecule has 0 amide bonds. The van der Waals surface area contributed by atoms with E-state index < -0.39 is 8.24 Å². The Kier molecular flexibility index (Phi) is 4.25. The molecule has 1 saturated heterocycles. The Morgan fingerprint density at radius 1 is 0.800 bits per heavy atom. The van der Waals surface area contributed by atoms with Gasteiger partial charge in [0.05, 0.1) is 12.2 Å². The number of fused-ring (bicyclic) bond motifs is 6. The van der Waals surface area contributed by atoms with E-state index >= 15 is 0 Å². The van der Waals surface area contributed by atoms with Gasteiger partial charge in [0.15, 0.2) is 0 Å². The Morgan fingerprint density at radius 2 is 1.40 bits per heavy atom. The molecule has 1 saturated carbocycles. The first-order valence-corrected chi connectivity index (χ1v) is 14.6. The average molecular weight is 413 g/mol. The third-order valence-electron chi connectivity index (χ3n) is 8.50. The summed E-state index contributed by atoms with van der Waals surface area (Å²) in [5.41, 5.74) is 3.57. The Balaban J connectivity index is 1.40. The van der Waals surface area contributed by atoms with E-state index in [1.54, 1.807) is 0 Å². The first kappa shape index (κ1) is 18.8. The second kappa shape index (κ2) is 6.78. The van der Waals surface area contributed by atoms with Crippen LogP contribution in [0, 0.1) is 23.7 Å². The van der Waals surface area contributed by atoms with E-state index in [0.29, 0.717) is 41.9 Å². The molecule has 154 valence electrons. The van der Waals surface area contributed by atoms with Gasteiger partial charge >= 0.3 is 0 Å². The third kappa shape index (κ3) is 2.55. The zero-order chi connectivity index (χ0) is 20.5. The molecule has 3 heteroatoms. The maximum absolute atomic E-state index is 3.98. The van der Waals surface area contributed by atoms with Gasteiger partial charge < -0.3 is 4.57 Å². The molecule has 0 aromatic heterocycles. The van der Waals surface area contributed by atoms with Crippen molar-refractivity contribution in [2.45, 2.75) is 43.8 Å². The number of hydrogen-bond acceptors (Lipinski definition) is 2. The fourth-order valence-electron chi connectivity index (χ4n) is 7.51. The van der Waals surface area contributed by atoms with Crippen molar-refractivity contribution in [1.82, 2.24) is 9.88 Å². The van der Waals surface area contributed by atoms with Crippen LogP contribution in [-0.4, -0.2) is 25.0 Å². The summed E-state index contributed by atoms with van der Waals surface area (Å²) in [6, 6.07) is 9.79. The summed E-state index contributed by atoms with van der Waals surface area (Å²) in [4.78, 5) is 0. The number of benzene rings is 1. The summed E-state index contributed by atoms with van der Waals surface area (Å²) in [6.07, 6.45) is 24.4. The van der Waals surface area contributed by atoms with Crippen molar-refractivity contribution in [1.29, 1.82) is 0 Å². The minimum Gasteiger partial charge on any atom is -0.301 e.